The SMILES string of the molecule is CCC(C(=O)Nc1sc(C(N)=O)c(C)c1C(=O)OC)c1ccc(F)cc1. The van der Waals surface area contributed by atoms with Crippen LogP contribution in [0.5, 0.6) is 0 Å². The zero-order chi connectivity index (χ0) is 19.4. The molecule has 8 heteroatoms. The van der Waals surface area contributed by atoms with Crippen LogP contribution in [0.25, 0.3) is 0 Å². The Morgan fingerprint density at radius 3 is 2.38 bits per heavy atom. The van der Waals surface area contributed by atoms with Gasteiger partial charge in [-0.05, 0) is 36.6 Å². The molecule has 2 rings (SSSR count). The number of nitrogens with two attached hydrogens (primary N) is 1. The minimum Gasteiger partial charge on any atom is -0.465 e. The van der Waals surface area contributed by atoms with E-state index in [9.17, 15) is 18.8 Å². The van der Waals surface area contributed by atoms with Crippen molar-refractivity contribution in [2.75, 3.05) is 12.4 Å². The van der Waals surface area contributed by atoms with Crippen molar-refractivity contribution in [1.82, 2.24) is 0 Å². The van der Waals surface area contributed by atoms with Crippen LogP contribution in [0.4, 0.5) is 9.39 Å². The molecule has 2 aromatic rings. The number of carbonyl (C=O) groups is 3. The number of carbonyl (C=O) groups excluding carboxylic acids is 3. The maximum Gasteiger partial charge on any atom is 0.341 e. The van der Waals surface area contributed by atoms with Gasteiger partial charge < -0.3 is 15.8 Å². The highest BCUT2D eigenvalue weighted by atomic mass is 32.1. The molecular weight excluding hydrogens is 359 g/mol. The summed E-state index contributed by atoms with van der Waals surface area (Å²) in [6.45, 7) is 3.39. The highest BCUT2D eigenvalue weighted by Crippen LogP contribution is 2.34. The molecule has 3 N–H and O–H groups in total. The van der Waals surface area contributed by atoms with Crippen LogP contribution in [0.15, 0.2) is 24.3 Å². The minimum atomic E-state index is -0.691. The fraction of sp³-hybridized carbons (Fsp3) is 0.278. The van der Waals surface area contributed by atoms with Crippen LogP contribution >= 0.6 is 11.3 Å². The second kappa shape index (κ2) is 8.09. The third-order valence-corrected chi connectivity index (χ3v) is 5.22. The Hall–Kier alpha value is -2.74. The number of hydrogen-bond acceptors (Lipinski definition) is 5. The number of amides is 2. The van der Waals surface area contributed by atoms with Gasteiger partial charge in [-0.3, -0.25) is 9.59 Å². The van der Waals surface area contributed by atoms with E-state index in [-0.39, 0.29) is 21.3 Å². The number of rotatable bonds is 6. The van der Waals surface area contributed by atoms with Crippen LogP contribution in [0, 0.1) is 12.7 Å². The number of methoxy groups -OCH3 is 1. The van der Waals surface area contributed by atoms with Gasteiger partial charge in [0.05, 0.1) is 23.5 Å². The van der Waals surface area contributed by atoms with Gasteiger partial charge in [0.25, 0.3) is 5.91 Å². The van der Waals surface area contributed by atoms with Crippen LogP contribution in [0.2, 0.25) is 0 Å². The van der Waals surface area contributed by atoms with Gasteiger partial charge in [-0.2, -0.15) is 0 Å². The lowest BCUT2D eigenvalue weighted by Crippen LogP contribution is -2.21. The Labute approximate surface area is 154 Å². The summed E-state index contributed by atoms with van der Waals surface area (Å²) < 4.78 is 17.9. The maximum atomic E-state index is 13.1. The molecule has 0 aliphatic rings. The van der Waals surface area contributed by atoms with Gasteiger partial charge in [-0.15, -0.1) is 11.3 Å². The quantitative estimate of drug-likeness (QED) is 0.754. The molecule has 0 spiro atoms. The van der Waals surface area contributed by atoms with Crippen molar-refractivity contribution < 1.29 is 23.5 Å². The van der Waals surface area contributed by atoms with Crippen molar-refractivity contribution in [1.29, 1.82) is 0 Å². The molecule has 0 radical (unpaired) electrons. The van der Waals surface area contributed by atoms with Crippen LogP contribution in [-0.4, -0.2) is 24.9 Å². The van der Waals surface area contributed by atoms with E-state index in [0.29, 0.717) is 17.5 Å². The van der Waals surface area contributed by atoms with Gasteiger partial charge >= 0.3 is 5.97 Å². The molecule has 1 atom stereocenters. The predicted octanol–water partition coefficient (Wildman–Crippen LogP) is 3.21. The summed E-state index contributed by atoms with van der Waals surface area (Å²) >= 11 is 0.924. The summed E-state index contributed by atoms with van der Waals surface area (Å²) in [6, 6.07) is 5.65. The maximum absolute atomic E-state index is 13.1. The first-order valence-electron chi connectivity index (χ1n) is 7.87. The predicted molar refractivity (Wildman–Crippen MR) is 97.0 cm³/mol. The van der Waals surface area contributed by atoms with Gasteiger partial charge in [0, 0.05) is 0 Å². The molecule has 1 aromatic heterocycles. The van der Waals surface area contributed by atoms with Gasteiger partial charge in [0.15, 0.2) is 0 Å². The van der Waals surface area contributed by atoms with Crippen molar-refractivity contribution >= 4 is 34.1 Å². The smallest absolute Gasteiger partial charge is 0.341 e. The molecule has 0 aliphatic heterocycles. The standard InChI is InChI=1S/C18H19FN2O4S/c1-4-12(10-5-7-11(19)8-6-10)16(23)21-17-13(18(24)25-3)9(2)14(26-17)15(20)22/h5-8,12H,4H2,1-3H3,(H2,20,22)(H,21,23). The average molecular weight is 378 g/mol. The fourth-order valence-corrected chi connectivity index (χ4v) is 3.70. The zero-order valence-corrected chi connectivity index (χ0v) is 15.4. The molecule has 0 saturated heterocycles. The number of halogens is 1. The minimum absolute atomic E-state index is 0.105. The van der Waals surface area contributed by atoms with Gasteiger partial charge in [0.1, 0.15) is 10.8 Å². The van der Waals surface area contributed by atoms with Gasteiger partial charge in [-0.25, -0.2) is 9.18 Å². The zero-order valence-electron chi connectivity index (χ0n) is 14.6. The van der Waals surface area contributed by atoms with Crippen LogP contribution < -0.4 is 11.1 Å². The van der Waals surface area contributed by atoms with Crippen LogP contribution in [0.3, 0.4) is 0 Å². The highest BCUT2D eigenvalue weighted by molar-refractivity contribution is 7.18. The average Bonchev–Trinajstić information content (AvgIpc) is 2.93. The van der Waals surface area contributed by atoms with Crippen molar-refractivity contribution in [3.8, 4) is 0 Å². The summed E-state index contributed by atoms with van der Waals surface area (Å²) in [6.07, 6.45) is 0.470. The van der Waals surface area contributed by atoms with Gasteiger partial charge in [-0.1, -0.05) is 19.1 Å². The van der Waals surface area contributed by atoms with Crippen molar-refractivity contribution in [3.05, 3.63) is 51.7 Å². The Bertz CT molecular complexity index is 846. The molecule has 2 amide bonds. The third kappa shape index (κ3) is 3.91. The largest absolute Gasteiger partial charge is 0.465 e. The molecule has 0 bridgehead atoms. The van der Waals surface area contributed by atoms with E-state index in [1.165, 1.54) is 19.2 Å². The first-order chi connectivity index (χ1) is 12.3. The molecule has 1 unspecified atom stereocenters. The number of hydrogen-bond donors (Lipinski definition) is 2. The van der Waals surface area contributed by atoms with E-state index in [0.717, 1.165) is 11.3 Å². The monoisotopic (exact) mass is 378 g/mol. The summed E-state index contributed by atoms with van der Waals surface area (Å²) in [7, 11) is 1.21. The number of ether oxygens (including phenoxy) is 1. The number of benzene rings is 1. The van der Waals surface area contributed by atoms with E-state index >= 15 is 0 Å². The molecule has 0 aliphatic carbocycles. The summed E-state index contributed by atoms with van der Waals surface area (Å²) in [5.74, 6) is -2.67. The van der Waals surface area contributed by atoms with Crippen molar-refractivity contribution in [3.63, 3.8) is 0 Å². The number of esters is 1. The Kier molecular flexibility index (Phi) is 6.10. The topological polar surface area (TPSA) is 98.5 Å². The molecule has 0 fully saturated rings. The number of primary amides is 1. The number of nitrogens with one attached hydrogen (secondary N) is 1. The van der Waals surface area contributed by atoms with Crippen molar-refractivity contribution in [2.24, 2.45) is 5.73 Å². The van der Waals surface area contributed by atoms with Gasteiger partial charge in [0.2, 0.25) is 5.91 Å². The summed E-state index contributed by atoms with van der Waals surface area (Å²) in [5, 5.41) is 2.89. The molecule has 1 aromatic carbocycles. The lowest BCUT2D eigenvalue weighted by atomic mass is 9.95. The summed E-state index contributed by atoms with van der Waals surface area (Å²) in [5.41, 5.74) is 6.44. The molecular formula is C18H19FN2O4S. The van der Waals surface area contributed by atoms with E-state index in [1.807, 2.05) is 6.92 Å². The molecule has 26 heavy (non-hydrogen) atoms. The molecule has 1 heterocycles. The second-order valence-corrected chi connectivity index (χ2v) is 6.64. The Morgan fingerprint density at radius 1 is 1.27 bits per heavy atom. The normalized spacial score (nSPS) is 11.7. The van der Waals surface area contributed by atoms with Crippen LogP contribution in [0.1, 0.15) is 50.4 Å². The van der Waals surface area contributed by atoms with E-state index < -0.39 is 23.6 Å². The number of thiophene rings is 1. The lowest BCUT2D eigenvalue weighted by molar-refractivity contribution is -0.117. The first-order valence-corrected chi connectivity index (χ1v) is 8.69. The third-order valence-electron chi connectivity index (χ3n) is 3.99. The highest BCUT2D eigenvalue weighted by Gasteiger charge is 2.27. The van der Waals surface area contributed by atoms with E-state index in [1.54, 1.807) is 19.1 Å². The Morgan fingerprint density at radius 2 is 1.88 bits per heavy atom. The summed E-state index contributed by atoms with van der Waals surface area (Å²) in [4.78, 5) is 36.5. The lowest BCUT2D eigenvalue weighted by Gasteiger charge is -2.15. The fourth-order valence-electron chi connectivity index (χ4n) is 2.65. The molecule has 6 nitrogen and oxygen atoms in total. The molecule has 0 saturated carbocycles. The van der Waals surface area contributed by atoms with E-state index in [2.05, 4.69) is 5.32 Å². The van der Waals surface area contributed by atoms with E-state index in [4.69, 9.17) is 10.5 Å². The first kappa shape index (κ1) is 19.6. The van der Waals surface area contributed by atoms with Crippen molar-refractivity contribution in [2.45, 2.75) is 26.2 Å². The second-order valence-electron chi connectivity index (χ2n) is 5.62. The molecule has 138 valence electrons. The van der Waals surface area contributed by atoms with Crippen LogP contribution in [-0.2, 0) is 9.53 Å². The Balaban J connectivity index is 2.38. The number of anilines is 1.